The fourth-order valence-electron chi connectivity index (χ4n) is 2.09. The molecule has 1 aromatic rings. The summed E-state index contributed by atoms with van der Waals surface area (Å²) in [5, 5.41) is 19.0. The van der Waals surface area contributed by atoms with E-state index in [2.05, 4.69) is 15.9 Å². The number of halogens is 3. The van der Waals surface area contributed by atoms with E-state index in [0.29, 0.717) is 0 Å². The number of likely N-dealkylation sites (tertiary alicyclic amines) is 1. The topological polar surface area (TPSA) is 60.8 Å². The predicted molar refractivity (Wildman–Crippen MR) is 66.6 cm³/mol. The highest BCUT2D eigenvalue weighted by molar-refractivity contribution is 9.10. The Morgan fingerprint density at radius 2 is 1.84 bits per heavy atom. The molecule has 1 aliphatic rings. The van der Waals surface area contributed by atoms with Gasteiger partial charge in [-0.3, -0.25) is 4.79 Å². The number of carbonyl (C=O) groups is 1. The summed E-state index contributed by atoms with van der Waals surface area (Å²) in [5.41, 5.74) is -0.423. The summed E-state index contributed by atoms with van der Waals surface area (Å²) in [6.45, 7) is -0.0209. The van der Waals surface area contributed by atoms with Gasteiger partial charge in [-0.15, -0.1) is 0 Å². The van der Waals surface area contributed by atoms with Gasteiger partial charge in [-0.2, -0.15) is 0 Å². The Balaban J connectivity index is 2.29. The van der Waals surface area contributed by atoms with Crippen LogP contribution in [0.4, 0.5) is 8.78 Å². The summed E-state index contributed by atoms with van der Waals surface area (Å²) >= 11 is 2.83. The van der Waals surface area contributed by atoms with Gasteiger partial charge < -0.3 is 15.1 Å². The van der Waals surface area contributed by atoms with Crippen LogP contribution in [-0.4, -0.2) is 46.3 Å². The molecule has 0 bridgehead atoms. The molecular weight excluding hydrogens is 324 g/mol. The van der Waals surface area contributed by atoms with Gasteiger partial charge in [0.1, 0.15) is 11.6 Å². The molecule has 7 heteroatoms. The van der Waals surface area contributed by atoms with Crippen LogP contribution >= 0.6 is 15.9 Å². The maximum Gasteiger partial charge on any atom is 0.257 e. The SMILES string of the molecule is O=C(c1cc(F)cc(Br)c1F)N1C[C@H](O)C[C@H](O)C1. The van der Waals surface area contributed by atoms with E-state index in [9.17, 15) is 23.8 Å². The molecule has 1 aliphatic heterocycles. The third-order valence-corrected chi connectivity index (χ3v) is 3.49. The van der Waals surface area contributed by atoms with Crippen molar-refractivity contribution in [1.82, 2.24) is 4.90 Å². The lowest BCUT2D eigenvalue weighted by Gasteiger charge is -2.33. The molecule has 2 N–H and O–H groups in total. The van der Waals surface area contributed by atoms with Crippen LogP contribution in [0.1, 0.15) is 16.8 Å². The number of rotatable bonds is 1. The molecule has 4 nitrogen and oxygen atoms in total. The number of benzene rings is 1. The molecular formula is C12H12BrF2NO3. The standard InChI is InChI=1S/C12H12BrF2NO3/c13-10-2-6(14)1-9(11(10)15)12(19)16-4-7(17)3-8(18)5-16/h1-2,7-8,17-18H,3-5H2/t7-,8+. The van der Waals surface area contributed by atoms with Crippen molar-refractivity contribution in [3.05, 3.63) is 33.8 Å². The van der Waals surface area contributed by atoms with Gasteiger partial charge in [0, 0.05) is 19.5 Å². The van der Waals surface area contributed by atoms with E-state index in [1.165, 1.54) is 0 Å². The molecule has 1 aromatic carbocycles. The Morgan fingerprint density at radius 3 is 2.42 bits per heavy atom. The minimum Gasteiger partial charge on any atom is -0.391 e. The van der Waals surface area contributed by atoms with Crippen molar-refractivity contribution in [3.8, 4) is 0 Å². The van der Waals surface area contributed by atoms with Crippen LogP contribution < -0.4 is 0 Å². The quantitative estimate of drug-likeness (QED) is 0.760. The van der Waals surface area contributed by atoms with Crippen LogP contribution in [0.15, 0.2) is 16.6 Å². The van der Waals surface area contributed by atoms with Gasteiger partial charge >= 0.3 is 0 Å². The molecule has 2 atom stereocenters. The minimum atomic E-state index is -0.868. The Hall–Kier alpha value is -1.05. The smallest absolute Gasteiger partial charge is 0.257 e. The van der Waals surface area contributed by atoms with Gasteiger partial charge in [0.25, 0.3) is 5.91 Å². The molecule has 1 heterocycles. The summed E-state index contributed by atoms with van der Waals surface area (Å²) < 4.78 is 26.9. The monoisotopic (exact) mass is 335 g/mol. The number of aliphatic hydroxyl groups is 2. The number of aliphatic hydroxyl groups excluding tert-OH is 2. The predicted octanol–water partition coefficient (Wildman–Crippen LogP) is 1.29. The van der Waals surface area contributed by atoms with Crippen LogP contribution in [0.5, 0.6) is 0 Å². The first-order valence-corrected chi connectivity index (χ1v) is 6.47. The summed E-state index contributed by atoms with van der Waals surface area (Å²) in [5.74, 6) is -2.36. The second-order valence-corrected chi connectivity index (χ2v) is 5.36. The summed E-state index contributed by atoms with van der Waals surface area (Å²) in [6.07, 6.45) is -1.57. The minimum absolute atomic E-state index is 0.0105. The van der Waals surface area contributed by atoms with E-state index in [1.807, 2.05) is 0 Å². The van der Waals surface area contributed by atoms with E-state index >= 15 is 0 Å². The Bertz CT molecular complexity index is 502. The van der Waals surface area contributed by atoms with Gasteiger partial charge in [-0.05, 0) is 28.1 Å². The average molecular weight is 336 g/mol. The number of carbonyl (C=O) groups excluding carboxylic acids is 1. The van der Waals surface area contributed by atoms with Crippen molar-refractivity contribution in [2.24, 2.45) is 0 Å². The summed E-state index contributed by atoms with van der Waals surface area (Å²) in [6, 6.07) is 1.72. The van der Waals surface area contributed by atoms with Crippen LogP contribution in [0.2, 0.25) is 0 Å². The average Bonchev–Trinajstić information content (AvgIpc) is 2.31. The van der Waals surface area contributed by atoms with Crippen LogP contribution in [-0.2, 0) is 0 Å². The first-order chi connectivity index (χ1) is 8.88. The van der Waals surface area contributed by atoms with E-state index in [1.54, 1.807) is 0 Å². The van der Waals surface area contributed by atoms with Crippen LogP contribution in [0, 0.1) is 11.6 Å². The highest BCUT2D eigenvalue weighted by Crippen LogP contribution is 2.23. The third kappa shape index (κ3) is 3.10. The Kier molecular flexibility index (Phi) is 4.17. The molecule has 2 rings (SSSR count). The first kappa shape index (κ1) is 14.4. The molecule has 0 radical (unpaired) electrons. The molecule has 0 aromatic heterocycles. The number of β-amino-alcohol motifs (C(OH)–C–C–N with tert-alkyl or cyclic N) is 2. The lowest BCUT2D eigenvalue weighted by Crippen LogP contribution is -2.48. The third-order valence-electron chi connectivity index (χ3n) is 2.92. The maximum atomic E-state index is 13.8. The first-order valence-electron chi connectivity index (χ1n) is 5.68. The van der Waals surface area contributed by atoms with E-state index in [-0.39, 0.29) is 24.0 Å². The normalized spacial score (nSPS) is 23.5. The fraction of sp³-hybridized carbons (Fsp3) is 0.417. The number of nitrogens with zero attached hydrogens (tertiary/aromatic N) is 1. The van der Waals surface area contributed by atoms with Crippen molar-refractivity contribution >= 4 is 21.8 Å². The van der Waals surface area contributed by atoms with Gasteiger partial charge in [0.15, 0.2) is 0 Å². The van der Waals surface area contributed by atoms with Crippen LogP contribution in [0.3, 0.4) is 0 Å². The molecule has 0 aliphatic carbocycles. The molecule has 104 valence electrons. The number of amides is 1. The number of hydrogen-bond acceptors (Lipinski definition) is 3. The van der Waals surface area contributed by atoms with Gasteiger partial charge in [0.05, 0.1) is 22.2 Å². The highest BCUT2D eigenvalue weighted by Gasteiger charge is 2.30. The zero-order chi connectivity index (χ0) is 14.2. The van der Waals surface area contributed by atoms with Gasteiger partial charge in [-0.1, -0.05) is 0 Å². The van der Waals surface area contributed by atoms with Crippen molar-refractivity contribution in [2.75, 3.05) is 13.1 Å². The number of hydrogen-bond donors (Lipinski definition) is 2. The number of piperidine rings is 1. The molecule has 0 unspecified atom stereocenters. The molecule has 1 saturated heterocycles. The van der Waals surface area contributed by atoms with Gasteiger partial charge in [0.2, 0.25) is 0 Å². The second kappa shape index (κ2) is 5.52. The van der Waals surface area contributed by atoms with Crippen molar-refractivity contribution in [1.29, 1.82) is 0 Å². The fourth-order valence-corrected chi connectivity index (χ4v) is 2.53. The van der Waals surface area contributed by atoms with Crippen molar-refractivity contribution in [2.45, 2.75) is 18.6 Å². The van der Waals surface area contributed by atoms with E-state index in [4.69, 9.17) is 0 Å². The zero-order valence-electron chi connectivity index (χ0n) is 9.81. The highest BCUT2D eigenvalue weighted by atomic mass is 79.9. The van der Waals surface area contributed by atoms with Crippen LogP contribution in [0.25, 0.3) is 0 Å². The van der Waals surface area contributed by atoms with Gasteiger partial charge in [-0.25, -0.2) is 8.78 Å². The summed E-state index contributed by atoms with van der Waals surface area (Å²) in [7, 11) is 0. The Morgan fingerprint density at radius 1 is 1.26 bits per heavy atom. The van der Waals surface area contributed by atoms with Crippen molar-refractivity contribution in [3.63, 3.8) is 0 Å². The maximum absolute atomic E-state index is 13.8. The molecule has 1 fully saturated rings. The molecule has 0 saturated carbocycles. The van der Waals surface area contributed by atoms with E-state index in [0.717, 1.165) is 17.0 Å². The molecule has 19 heavy (non-hydrogen) atoms. The molecule has 1 amide bonds. The Labute approximate surface area is 116 Å². The largest absolute Gasteiger partial charge is 0.391 e. The lowest BCUT2D eigenvalue weighted by molar-refractivity contribution is -0.00406. The molecule has 0 spiro atoms. The lowest BCUT2D eigenvalue weighted by atomic mass is 10.0. The zero-order valence-corrected chi connectivity index (χ0v) is 11.4. The summed E-state index contributed by atoms with van der Waals surface area (Å²) in [4.78, 5) is 13.2. The van der Waals surface area contributed by atoms with E-state index < -0.39 is 35.3 Å². The van der Waals surface area contributed by atoms with Crippen molar-refractivity contribution < 1.29 is 23.8 Å². The second-order valence-electron chi connectivity index (χ2n) is 4.50.